The van der Waals surface area contributed by atoms with Crippen LogP contribution in [0.5, 0.6) is 5.75 Å². The maximum atomic E-state index is 12.6. The number of anilines is 1. The van der Waals surface area contributed by atoms with Gasteiger partial charge in [-0.25, -0.2) is 9.59 Å². The van der Waals surface area contributed by atoms with E-state index in [1.54, 1.807) is 18.7 Å². The van der Waals surface area contributed by atoms with E-state index < -0.39 is 5.97 Å². The molecule has 3 rings (SSSR count). The van der Waals surface area contributed by atoms with Gasteiger partial charge in [0, 0.05) is 11.4 Å². The SMILES string of the molecule is CCOC(=O)c1c(NC(=O)CCOc2ccccc2)sc2c1CCN(C(=O)OCC)C2. The first-order valence-corrected chi connectivity index (χ1v) is 11.1. The van der Waals surface area contributed by atoms with Crippen molar-refractivity contribution in [2.24, 2.45) is 0 Å². The molecule has 0 saturated heterocycles. The zero-order valence-electron chi connectivity index (χ0n) is 17.6. The maximum Gasteiger partial charge on any atom is 0.410 e. The Labute approximate surface area is 185 Å². The summed E-state index contributed by atoms with van der Waals surface area (Å²) in [7, 11) is 0. The minimum absolute atomic E-state index is 0.134. The zero-order chi connectivity index (χ0) is 22.2. The number of para-hydroxylation sites is 1. The minimum Gasteiger partial charge on any atom is -0.493 e. The molecular formula is C22H26N2O6S. The molecule has 0 fully saturated rings. The molecule has 31 heavy (non-hydrogen) atoms. The number of nitrogens with zero attached hydrogens (tertiary/aromatic N) is 1. The summed E-state index contributed by atoms with van der Waals surface area (Å²) in [5, 5.41) is 3.27. The van der Waals surface area contributed by atoms with Crippen molar-refractivity contribution in [3.8, 4) is 5.75 Å². The molecule has 0 bridgehead atoms. The Morgan fingerprint density at radius 3 is 2.55 bits per heavy atom. The molecule has 1 aliphatic heterocycles. The van der Waals surface area contributed by atoms with Gasteiger partial charge in [-0.1, -0.05) is 18.2 Å². The van der Waals surface area contributed by atoms with E-state index in [9.17, 15) is 14.4 Å². The Morgan fingerprint density at radius 1 is 1.10 bits per heavy atom. The fourth-order valence-electron chi connectivity index (χ4n) is 3.25. The second-order valence-electron chi connectivity index (χ2n) is 6.76. The zero-order valence-corrected chi connectivity index (χ0v) is 18.5. The third kappa shape index (κ3) is 5.75. The van der Waals surface area contributed by atoms with Crippen molar-refractivity contribution in [1.29, 1.82) is 0 Å². The van der Waals surface area contributed by atoms with Crippen LogP contribution >= 0.6 is 11.3 Å². The van der Waals surface area contributed by atoms with E-state index in [4.69, 9.17) is 14.2 Å². The second-order valence-corrected chi connectivity index (χ2v) is 7.86. The lowest BCUT2D eigenvalue weighted by Crippen LogP contribution is -2.36. The predicted octanol–water partition coefficient (Wildman–Crippen LogP) is 3.85. The topological polar surface area (TPSA) is 94.2 Å². The molecule has 8 nitrogen and oxygen atoms in total. The Balaban J connectivity index is 1.70. The van der Waals surface area contributed by atoms with Gasteiger partial charge in [0.25, 0.3) is 0 Å². The summed E-state index contributed by atoms with van der Waals surface area (Å²) in [6, 6.07) is 9.24. The summed E-state index contributed by atoms with van der Waals surface area (Å²) in [5.74, 6) is -0.0455. The molecule has 9 heteroatoms. The van der Waals surface area contributed by atoms with E-state index in [0.717, 1.165) is 10.4 Å². The average Bonchev–Trinajstić information content (AvgIpc) is 3.11. The minimum atomic E-state index is -0.472. The number of rotatable bonds is 8. The first kappa shape index (κ1) is 22.6. The molecule has 1 aromatic carbocycles. The standard InChI is InChI=1S/C22H26N2O6S/c1-3-28-21(26)19-16-10-12-24(22(27)29-4-2)14-17(16)31-20(19)23-18(25)11-13-30-15-8-6-5-7-9-15/h5-9H,3-4,10-14H2,1-2H3,(H,23,25). The Morgan fingerprint density at radius 2 is 1.84 bits per heavy atom. The van der Waals surface area contributed by atoms with Crippen LogP contribution in [0.1, 0.15) is 41.1 Å². The number of fused-ring (bicyclic) bond motifs is 1. The van der Waals surface area contributed by atoms with Crippen molar-refractivity contribution < 1.29 is 28.6 Å². The highest BCUT2D eigenvalue weighted by molar-refractivity contribution is 7.17. The molecule has 2 aromatic rings. The summed E-state index contributed by atoms with van der Waals surface area (Å²) >= 11 is 1.29. The molecule has 166 valence electrons. The molecule has 2 heterocycles. The largest absolute Gasteiger partial charge is 0.493 e. The second kappa shape index (κ2) is 10.8. The van der Waals surface area contributed by atoms with Gasteiger partial charge < -0.3 is 24.4 Å². The Kier molecular flexibility index (Phi) is 7.88. The van der Waals surface area contributed by atoms with Crippen molar-refractivity contribution in [2.75, 3.05) is 31.7 Å². The van der Waals surface area contributed by atoms with Gasteiger partial charge in [0.05, 0.1) is 38.3 Å². The van der Waals surface area contributed by atoms with Crippen molar-refractivity contribution in [3.63, 3.8) is 0 Å². The van der Waals surface area contributed by atoms with Gasteiger partial charge in [0.1, 0.15) is 10.8 Å². The number of amides is 2. The summed E-state index contributed by atoms with van der Waals surface area (Å²) in [6.45, 7) is 5.01. The third-order valence-corrected chi connectivity index (χ3v) is 5.79. The summed E-state index contributed by atoms with van der Waals surface area (Å²) in [4.78, 5) is 39.6. The van der Waals surface area contributed by atoms with Crippen LogP contribution in [0.2, 0.25) is 0 Å². The van der Waals surface area contributed by atoms with E-state index >= 15 is 0 Å². The van der Waals surface area contributed by atoms with Crippen molar-refractivity contribution >= 4 is 34.3 Å². The fraction of sp³-hybridized carbons (Fsp3) is 0.409. The Hall–Kier alpha value is -3.07. The number of thiophene rings is 1. The molecule has 0 radical (unpaired) electrons. The van der Waals surface area contributed by atoms with E-state index in [1.165, 1.54) is 11.3 Å². The van der Waals surface area contributed by atoms with Crippen LogP contribution in [0, 0.1) is 0 Å². The van der Waals surface area contributed by atoms with Gasteiger partial charge in [0.15, 0.2) is 0 Å². The summed E-state index contributed by atoms with van der Waals surface area (Å²) < 4.78 is 15.9. The summed E-state index contributed by atoms with van der Waals surface area (Å²) in [6.07, 6.45) is 0.239. The van der Waals surface area contributed by atoms with Crippen LogP contribution in [0.4, 0.5) is 9.80 Å². The third-order valence-electron chi connectivity index (χ3n) is 4.66. The molecule has 0 spiro atoms. The molecule has 1 N–H and O–H groups in total. The first-order valence-electron chi connectivity index (χ1n) is 10.2. The van der Waals surface area contributed by atoms with Crippen molar-refractivity contribution in [3.05, 3.63) is 46.3 Å². The van der Waals surface area contributed by atoms with E-state index in [0.29, 0.717) is 42.4 Å². The first-order chi connectivity index (χ1) is 15.0. The number of nitrogens with one attached hydrogen (secondary N) is 1. The Bertz CT molecular complexity index is 928. The number of ether oxygens (including phenoxy) is 3. The van der Waals surface area contributed by atoms with Crippen molar-refractivity contribution in [2.45, 2.75) is 33.2 Å². The molecule has 0 atom stereocenters. The average molecular weight is 447 g/mol. The normalized spacial score (nSPS) is 12.6. The van der Waals surface area contributed by atoms with Crippen LogP contribution in [-0.2, 0) is 27.2 Å². The molecule has 0 saturated carbocycles. The lowest BCUT2D eigenvalue weighted by atomic mass is 10.0. The quantitative estimate of drug-likeness (QED) is 0.619. The smallest absolute Gasteiger partial charge is 0.410 e. The molecule has 1 aromatic heterocycles. The molecule has 0 unspecified atom stereocenters. The van der Waals surface area contributed by atoms with Crippen LogP contribution in [-0.4, -0.2) is 49.2 Å². The number of hydrogen-bond acceptors (Lipinski definition) is 7. The number of carbonyl (C=O) groups excluding carboxylic acids is 3. The van der Waals surface area contributed by atoms with E-state index in [2.05, 4.69) is 5.32 Å². The van der Waals surface area contributed by atoms with Crippen LogP contribution in [0.15, 0.2) is 30.3 Å². The highest BCUT2D eigenvalue weighted by atomic mass is 32.1. The fourth-order valence-corrected chi connectivity index (χ4v) is 4.52. The van der Waals surface area contributed by atoms with E-state index in [1.807, 2.05) is 30.3 Å². The highest BCUT2D eigenvalue weighted by Crippen LogP contribution is 2.38. The van der Waals surface area contributed by atoms with Crippen molar-refractivity contribution in [1.82, 2.24) is 4.90 Å². The number of carbonyl (C=O) groups is 3. The predicted molar refractivity (Wildman–Crippen MR) is 117 cm³/mol. The van der Waals surface area contributed by atoms with Gasteiger partial charge in [-0.2, -0.15) is 0 Å². The summed E-state index contributed by atoms with van der Waals surface area (Å²) in [5.41, 5.74) is 1.20. The van der Waals surface area contributed by atoms with Crippen LogP contribution in [0.25, 0.3) is 0 Å². The monoisotopic (exact) mass is 446 g/mol. The van der Waals surface area contributed by atoms with Gasteiger partial charge in [-0.3, -0.25) is 4.79 Å². The van der Waals surface area contributed by atoms with Gasteiger partial charge >= 0.3 is 12.1 Å². The van der Waals surface area contributed by atoms with Crippen LogP contribution < -0.4 is 10.1 Å². The maximum absolute atomic E-state index is 12.6. The van der Waals surface area contributed by atoms with Gasteiger partial charge in [-0.05, 0) is 38.0 Å². The van der Waals surface area contributed by atoms with Gasteiger partial charge in [0.2, 0.25) is 5.91 Å². The van der Waals surface area contributed by atoms with Crippen LogP contribution in [0.3, 0.4) is 0 Å². The molecular weight excluding hydrogens is 420 g/mol. The molecule has 2 amide bonds. The van der Waals surface area contributed by atoms with Gasteiger partial charge in [-0.15, -0.1) is 11.3 Å². The molecule has 0 aliphatic carbocycles. The number of benzene rings is 1. The number of hydrogen-bond donors (Lipinski definition) is 1. The highest BCUT2D eigenvalue weighted by Gasteiger charge is 2.31. The van der Waals surface area contributed by atoms with E-state index in [-0.39, 0.29) is 31.6 Å². The lowest BCUT2D eigenvalue weighted by molar-refractivity contribution is -0.116. The molecule has 1 aliphatic rings. The number of esters is 1. The lowest BCUT2D eigenvalue weighted by Gasteiger charge is -2.26.